The average Bonchev–Trinajstić information content (AvgIpc) is 2.36. The van der Waals surface area contributed by atoms with Gasteiger partial charge in [0, 0.05) is 16.5 Å². The summed E-state index contributed by atoms with van der Waals surface area (Å²) < 4.78 is 5.38. The lowest BCUT2D eigenvalue weighted by molar-refractivity contribution is 0.420. The van der Waals surface area contributed by atoms with Crippen molar-refractivity contribution in [2.45, 2.75) is 0 Å². The third-order valence-electron chi connectivity index (χ3n) is 3.09. The summed E-state index contributed by atoms with van der Waals surface area (Å²) in [5.41, 5.74) is 6.80. The third kappa shape index (κ3) is 1.49. The van der Waals surface area contributed by atoms with Crippen LogP contribution in [0.1, 0.15) is 0 Å². The van der Waals surface area contributed by atoms with Crippen molar-refractivity contribution < 1.29 is 4.74 Å². The molecule has 2 nitrogen and oxygen atoms in total. The maximum absolute atomic E-state index is 5.99. The number of nitrogens with two attached hydrogens (primary N) is 1. The minimum absolute atomic E-state index is 0.812. The maximum atomic E-state index is 5.99. The fraction of sp³-hybridized carbons (Fsp3) is 0.0667. The Morgan fingerprint density at radius 2 is 1.53 bits per heavy atom. The summed E-state index contributed by atoms with van der Waals surface area (Å²) in [7, 11) is 1.69. The van der Waals surface area contributed by atoms with Crippen molar-refractivity contribution in [1.82, 2.24) is 0 Å². The highest BCUT2D eigenvalue weighted by molar-refractivity contribution is 6.04. The Morgan fingerprint density at radius 3 is 2.29 bits per heavy atom. The molecule has 17 heavy (non-hydrogen) atoms. The second-order valence-electron chi connectivity index (χ2n) is 4.10. The zero-order valence-corrected chi connectivity index (χ0v) is 9.60. The molecule has 2 heteroatoms. The van der Waals surface area contributed by atoms with Crippen molar-refractivity contribution in [3.05, 3.63) is 48.5 Å². The number of rotatable bonds is 1. The maximum Gasteiger partial charge on any atom is 0.126 e. The van der Waals surface area contributed by atoms with Crippen molar-refractivity contribution in [1.29, 1.82) is 0 Å². The van der Waals surface area contributed by atoms with Gasteiger partial charge in [0.25, 0.3) is 0 Å². The molecule has 0 amide bonds. The minimum Gasteiger partial charge on any atom is -0.496 e. The first kappa shape index (κ1) is 9.97. The van der Waals surface area contributed by atoms with Gasteiger partial charge in [0.15, 0.2) is 0 Å². The largest absolute Gasteiger partial charge is 0.496 e. The van der Waals surface area contributed by atoms with Gasteiger partial charge in [-0.2, -0.15) is 0 Å². The number of hydrogen-bond acceptors (Lipinski definition) is 2. The molecule has 0 radical (unpaired) electrons. The molecule has 84 valence electrons. The van der Waals surface area contributed by atoms with E-state index in [0.717, 1.165) is 33.0 Å². The van der Waals surface area contributed by atoms with Crippen molar-refractivity contribution in [3.63, 3.8) is 0 Å². The highest BCUT2D eigenvalue weighted by Crippen LogP contribution is 2.31. The SMILES string of the molecule is COc1cccc2cc3c(N)cccc3cc12. The van der Waals surface area contributed by atoms with Crippen LogP contribution in [-0.4, -0.2) is 7.11 Å². The van der Waals surface area contributed by atoms with E-state index in [1.807, 2.05) is 24.3 Å². The van der Waals surface area contributed by atoms with E-state index in [4.69, 9.17) is 10.5 Å². The van der Waals surface area contributed by atoms with Gasteiger partial charge in [-0.1, -0.05) is 24.3 Å². The van der Waals surface area contributed by atoms with Crippen molar-refractivity contribution >= 4 is 27.2 Å². The third-order valence-corrected chi connectivity index (χ3v) is 3.09. The van der Waals surface area contributed by atoms with Crippen LogP contribution in [0.5, 0.6) is 5.75 Å². The molecule has 0 aliphatic rings. The molecule has 0 saturated carbocycles. The number of benzene rings is 3. The van der Waals surface area contributed by atoms with E-state index in [0.29, 0.717) is 0 Å². The second-order valence-corrected chi connectivity index (χ2v) is 4.10. The predicted molar refractivity (Wildman–Crippen MR) is 72.4 cm³/mol. The fourth-order valence-corrected chi connectivity index (χ4v) is 2.22. The van der Waals surface area contributed by atoms with Crippen molar-refractivity contribution in [2.75, 3.05) is 12.8 Å². The zero-order valence-electron chi connectivity index (χ0n) is 9.60. The monoisotopic (exact) mass is 223 g/mol. The lowest BCUT2D eigenvalue weighted by Crippen LogP contribution is -1.88. The van der Waals surface area contributed by atoms with E-state index < -0.39 is 0 Å². The summed E-state index contributed by atoms with van der Waals surface area (Å²) >= 11 is 0. The highest BCUT2D eigenvalue weighted by Gasteiger charge is 2.04. The Morgan fingerprint density at radius 1 is 0.882 bits per heavy atom. The van der Waals surface area contributed by atoms with Gasteiger partial charge in [-0.05, 0) is 35.0 Å². The Balaban J connectivity index is 2.48. The van der Waals surface area contributed by atoms with Crippen LogP contribution in [0, 0.1) is 0 Å². The van der Waals surface area contributed by atoms with Crippen LogP contribution in [-0.2, 0) is 0 Å². The Hall–Kier alpha value is -2.22. The Bertz CT molecular complexity index is 704. The molecular formula is C15H13NO. The molecule has 0 atom stereocenters. The van der Waals surface area contributed by atoms with Gasteiger partial charge in [0.05, 0.1) is 7.11 Å². The van der Waals surface area contributed by atoms with Crippen molar-refractivity contribution in [2.24, 2.45) is 0 Å². The van der Waals surface area contributed by atoms with E-state index >= 15 is 0 Å². The van der Waals surface area contributed by atoms with Crippen LogP contribution in [0.3, 0.4) is 0 Å². The van der Waals surface area contributed by atoms with Crippen LogP contribution in [0.4, 0.5) is 5.69 Å². The molecule has 0 aromatic heterocycles. The zero-order chi connectivity index (χ0) is 11.8. The lowest BCUT2D eigenvalue weighted by Gasteiger charge is -2.08. The predicted octanol–water partition coefficient (Wildman–Crippen LogP) is 3.58. The van der Waals surface area contributed by atoms with Gasteiger partial charge in [-0.25, -0.2) is 0 Å². The molecule has 0 fully saturated rings. The van der Waals surface area contributed by atoms with Crippen molar-refractivity contribution in [3.8, 4) is 5.75 Å². The molecule has 0 unspecified atom stereocenters. The highest BCUT2D eigenvalue weighted by atomic mass is 16.5. The van der Waals surface area contributed by atoms with Crippen LogP contribution in [0.25, 0.3) is 21.5 Å². The number of fused-ring (bicyclic) bond motifs is 2. The van der Waals surface area contributed by atoms with Crippen LogP contribution in [0.2, 0.25) is 0 Å². The topological polar surface area (TPSA) is 35.2 Å². The summed E-state index contributed by atoms with van der Waals surface area (Å²) in [6.07, 6.45) is 0. The molecule has 0 saturated heterocycles. The normalized spacial score (nSPS) is 10.9. The van der Waals surface area contributed by atoms with E-state index in [-0.39, 0.29) is 0 Å². The molecule has 2 N–H and O–H groups in total. The first-order valence-electron chi connectivity index (χ1n) is 5.54. The first-order valence-corrected chi connectivity index (χ1v) is 5.54. The number of ether oxygens (including phenoxy) is 1. The molecule has 3 rings (SSSR count). The first-order chi connectivity index (χ1) is 8.29. The van der Waals surface area contributed by atoms with E-state index in [2.05, 4.69) is 24.3 Å². The van der Waals surface area contributed by atoms with E-state index in [1.54, 1.807) is 7.11 Å². The van der Waals surface area contributed by atoms with Crippen LogP contribution < -0.4 is 10.5 Å². The number of nitrogen functional groups attached to an aromatic ring is 1. The fourth-order valence-electron chi connectivity index (χ4n) is 2.22. The summed E-state index contributed by atoms with van der Waals surface area (Å²) in [6, 6.07) is 16.2. The molecule has 3 aromatic carbocycles. The smallest absolute Gasteiger partial charge is 0.126 e. The molecule has 0 bridgehead atoms. The second kappa shape index (κ2) is 3.67. The summed E-state index contributed by atoms with van der Waals surface area (Å²) in [5, 5.41) is 4.50. The lowest BCUT2D eigenvalue weighted by atomic mass is 10.0. The Labute approximate surface area is 99.6 Å². The minimum atomic E-state index is 0.812. The van der Waals surface area contributed by atoms with Gasteiger partial charge in [0.2, 0.25) is 0 Å². The van der Waals surface area contributed by atoms with Crippen LogP contribution in [0.15, 0.2) is 48.5 Å². The average molecular weight is 223 g/mol. The quantitative estimate of drug-likeness (QED) is 0.505. The molecule has 0 aliphatic carbocycles. The van der Waals surface area contributed by atoms with E-state index in [9.17, 15) is 0 Å². The van der Waals surface area contributed by atoms with Crippen LogP contribution >= 0.6 is 0 Å². The summed E-state index contributed by atoms with van der Waals surface area (Å²) in [4.78, 5) is 0. The van der Waals surface area contributed by atoms with Gasteiger partial charge in [-0.15, -0.1) is 0 Å². The van der Waals surface area contributed by atoms with Gasteiger partial charge >= 0.3 is 0 Å². The summed E-state index contributed by atoms with van der Waals surface area (Å²) in [5.74, 6) is 0.895. The number of anilines is 1. The molecule has 3 aromatic rings. The standard InChI is InChI=1S/C15H13NO/c1-17-15-7-3-5-11-8-12-10(9-13(11)15)4-2-6-14(12)16/h2-9H,16H2,1H3. The molecule has 0 heterocycles. The molecule has 0 aliphatic heterocycles. The number of methoxy groups -OCH3 is 1. The van der Waals surface area contributed by atoms with Gasteiger partial charge < -0.3 is 10.5 Å². The molecular weight excluding hydrogens is 210 g/mol. The Kier molecular flexibility index (Phi) is 2.15. The van der Waals surface area contributed by atoms with Gasteiger partial charge in [-0.3, -0.25) is 0 Å². The number of hydrogen-bond donors (Lipinski definition) is 1. The summed E-state index contributed by atoms with van der Waals surface area (Å²) in [6.45, 7) is 0. The van der Waals surface area contributed by atoms with E-state index in [1.165, 1.54) is 0 Å². The molecule has 0 spiro atoms. The van der Waals surface area contributed by atoms with Gasteiger partial charge in [0.1, 0.15) is 5.75 Å².